The van der Waals surface area contributed by atoms with Crippen molar-refractivity contribution in [3.8, 4) is 0 Å². The number of rotatable bonds is 4. The predicted octanol–water partition coefficient (Wildman–Crippen LogP) is 2.51. The molecule has 0 aliphatic carbocycles. The smallest absolute Gasteiger partial charge is 0.0783 e. The Morgan fingerprint density at radius 3 is 3.25 bits per heavy atom. The third-order valence-electron chi connectivity index (χ3n) is 4.72. The Bertz CT molecular complexity index is 420. The van der Waals surface area contributed by atoms with Crippen LogP contribution < -0.4 is 5.32 Å². The fraction of sp³-hybridized carbons (Fsp3) is 0.688. The quantitative estimate of drug-likeness (QED) is 0.924. The van der Waals surface area contributed by atoms with Gasteiger partial charge in [-0.25, -0.2) is 0 Å². The average Bonchev–Trinajstić information content (AvgIpc) is 2.93. The molecule has 3 nitrogen and oxygen atoms in total. The van der Waals surface area contributed by atoms with Gasteiger partial charge >= 0.3 is 0 Å². The van der Waals surface area contributed by atoms with E-state index >= 15 is 0 Å². The maximum absolute atomic E-state index is 6.14. The second-order valence-corrected chi connectivity index (χ2v) is 7.15. The van der Waals surface area contributed by atoms with Crippen LogP contribution in [0.3, 0.4) is 0 Å². The molecule has 2 aliphatic rings. The van der Waals surface area contributed by atoms with Crippen LogP contribution in [0.5, 0.6) is 0 Å². The summed E-state index contributed by atoms with van der Waals surface area (Å²) < 4.78 is 6.14. The van der Waals surface area contributed by atoms with Gasteiger partial charge in [-0.1, -0.05) is 6.07 Å². The molecule has 1 spiro atoms. The molecule has 0 saturated carbocycles. The molecule has 3 unspecified atom stereocenters. The number of nitrogens with one attached hydrogen (secondary N) is 1. The lowest BCUT2D eigenvalue weighted by Gasteiger charge is -2.41. The van der Waals surface area contributed by atoms with Crippen molar-refractivity contribution in [3.63, 3.8) is 0 Å². The summed E-state index contributed by atoms with van der Waals surface area (Å²) in [6, 6.07) is 4.74. The molecule has 1 N–H and O–H groups in total. The predicted molar refractivity (Wildman–Crippen MR) is 84.1 cm³/mol. The summed E-state index contributed by atoms with van der Waals surface area (Å²) in [6.07, 6.45) is 8.53. The molecule has 3 rings (SSSR count). The highest BCUT2D eigenvalue weighted by Crippen LogP contribution is 2.41. The molecule has 0 amide bonds. The van der Waals surface area contributed by atoms with Crippen LogP contribution in [0.2, 0.25) is 0 Å². The number of thioether (sulfide) groups is 1. The van der Waals surface area contributed by atoms with E-state index in [2.05, 4.69) is 23.4 Å². The number of pyridine rings is 1. The van der Waals surface area contributed by atoms with Gasteiger partial charge in [0.05, 0.1) is 5.60 Å². The summed E-state index contributed by atoms with van der Waals surface area (Å²) in [5.74, 6) is 3.17. The number of hydrogen-bond acceptors (Lipinski definition) is 4. The number of aromatic nitrogens is 1. The van der Waals surface area contributed by atoms with Gasteiger partial charge < -0.3 is 10.1 Å². The molecule has 0 aromatic carbocycles. The first-order valence-electron chi connectivity index (χ1n) is 7.59. The van der Waals surface area contributed by atoms with E-state index in [9.17, 15) is 0 Å². The zero-order valence-corrected chi connectivity index (χ0v) is 13.0. The Labute approximate surface area is 125 Å². The molecule has 1 aromatic heterocycles. The minimum atomic E-state index is 0.178. The highest BCUT2D eigenvalue weighted by molar-refractivity contribution is 7.99. The van der Waals surface area contributed by atoms with Crippen molar-refractivity contribution >= 4 is 11.8 Å². The summed E-state index contributed by atoms with van der Waals surface area (Å²) in [5, 5.41) is 3.54. The van der Waals surface area contributed by atoms with Gasteiger partial charge in [0.1, 0.15) is 0 Å². The third kappa shape index (κ3) is 3.18. The molecule has 0 radical (unpaired) electrons. The van der Waals surface area contributed by atoms with Crippen molar-refractivity contribution < 1.29 is 4.74 Å². The summed E-state index contributed by atoms with van der Waals surface area (Å²) >= 11 is 2.05. The van der Waals surface area contributed by atoms with Gasteiger partial charge in [0.2, 0.25) is 0 Å². The Morgan fingerprint density at radius 1 is 1.60 bits per heavy atom. The van der Waals surface area contributed by atoms with Gasteiger partial charge in [0, 0.05) is 30.8 Å². The summed E-state index contributed by atoms with van der Waals surface area (Å²) in [6.45, 7) is 0.927. The lowest BCUT2D eigenvalue weighted by molar-refractivity contribution is -0.0847. The van der Waals surface area contributed by atoms with Crippen molar-refractivity contribution in [2.75, 3.05) is 25.2 Å². The van der Waals surface area contributed by atoms with Gasteiger partial charge in [0.15, 0.2) is 0 Å². The molecule has 3 atom stereocenters. The maximum atomic E-state index is 6.14. The Hall–Kier alpha value is -0.580. The van der Waals surface area contributed by atoms with Crippen LogP contribution in [0.4, 0.5) is 0 Å². The van der Waals surface area contributed by atoms with E-state index in [0.717, 1.165) is 13.0 Å². The molecule has 2 saturated heterocycles. The zero-order valence-electron chi connectivity index (χ0n) is 12.2. The number of hydrogen-bond donors (Lipinski definition) is 1. The van der Waals surface area contributed by atoms with Gasteiger partial charge in [-0.3, -0.25) is 4.98 Å². The van der Waals surface area contributed by atoms with Crippen molar-refractivity contribution in [1.82, 2.24) is 10.3 Å². The van der Waals surface area contributed by atoms with Gasteiger partial charge in [0.25, 0.3) is 0 Å². The van der Waals surface area contributed by atoms with Crippen LogP contribution in [0.25, 0.3) is 0 Å². The molecular formula is C16H24N2OS. The standard InChI is InChI=1S/C16H24N2OS/c1-17-15(9-13-3-2-6-18-11-13)14-4-7-19-16(10-14)5-8-20-12-16/h2-3,6,11,14-15,17H,4-5,7-10,12H2,1H3. The molecule has 2 fully saturated rings. The second-order valence-electron chi connectivity index (χ2n) is 6.05. The Kier molecular flexibility index (Phi) is 4.64. The minimum absolute atomic E-state index is 0.178. The largest absolute Gasteiger partial charge is 0.374 e. The zero-order chi connectivity index (χ0) is 13.8. The van der Waals surface area contributed by atoms with Crippen LogP contribution in [0, 0.1) is 5.92 Å². The van der Waals surface area contributed by atoms with Crippen LogP contribution in [0.1, 0.15) is 24.8 Å². The van der Waals surface area contributed by atoms with E-state index in [1.54, 1.807) is 0 Å². The highest BCUT2D eigenvalue weighted by atomic mass is 32.2. The van der Waals surface area contributed by atoms with Crippen molar-refractivity contribution in [3.05, 3.63) is 30.1 Å². The average molecular weight is 292 g/mol. The first-order chi connectivity index (χ1) is 9.81. The molecular weight excluding hydrogens is 268 g/mol. The minimum Gasteiger partial charge on any atom is -0.374 e. The molecule has 2 aliphatic heterocycles. The van der Waals surface area contributed by atoms with Gasteiger partial charge in [-0.2, -0.15) is 11.8 Å². The first-order valence-corrected chi connectivity index (χ1v) is 8.75. The third-order valence-corrected chi connectivity index (χ3v) is 5.94. The highest BCUT2D eigenvalue weighted by Gasteiger charge is 2.42. The fourth-order valence-electron chi connectivity index (χ4n) is 3.55. The molecule has 0 bridgehead atoms. The van der Waals surface area contributed by atoms with Crippen molar-refractivity contribution in [1.29, 1.82) is 0 Å². The molecule has 20 heavy (non-hydrogen) atoms. The molecule has 1 aromatic rings. The van der Waals surface area contributed by atoms with E-state index in [-0.39, 0.29) is 5.60 Å². The fourth-order valence-corrected chi connectivity index (χ4v) is 4.93. The topological polar surface area (TPSA) is 34.2 Å². The van der Waals surface area contributed by atoms with E-state index in [0.29, 0.717) is 12.0 Å². The van der Waals surface area contributed by atoms with E-state index < -0.39 is 0 Å². The second kappa shape index (κ2) is 6.46. The normalized spacial score (nSPS) is 31.6. The molecule has 3 heterocycles. The lowest BCUT2D eigenvalue weighted by Crippen LogP contribution is -2.47. The maximum Gasteiger partial charge on any atom is 0.0783 e. The van der Waals surface area contributed by atoms with Crippen LogP contribution in [0.15, 0.2) is 24.5 Å². The summed E-state index contributed by atoms with van der Waals surface area (Å²) in [4.78, 5) is 4.23. The van der Waals surface area contributed by atoms with E-state index in [1.165, 1.54) is 36.3 Å². The summed E-state index contributed by atoms with van der Waals surface area (Å²) in [5.41, 5.74) is 1.51. The van der Waals surface area contributed by atoms with E-state index in [1.807, 2.05) is 30.2 Å². The van der Waals surface area contributed by atoms with Crippen molar-refractivity contribution in [2.45, 2.75) is 37.3 Å². The lowest BCUT2D eigenvalue weighted by atomic mass is 9.79. The first kappa shape index (κ1) is 14.4. The number of likely N-dealkylation sites (N-methyl/N-ethyl adjacent to an activating group) is 1. The van der Waals surface area contributed by atoms with Gasteiger partial charge in [-0.05, 0) is 56.0 Å². The Morgan fingerprint density at radius 2 is 2.55 bits per heavy atom. The Balaban J connectivity index is 1.66. The van der Waals surface area contributed by atoms with Crippen LogP contribution >= 0.6 is 11.8 Å². The van der Waals surface area contributed by atoms with Crippen molar-refractivity contribution in [2.24, 2.45) is 5.92 Å². The monoisotopic (exact) mass is 292 g/mol. The van der Waals surface area contributed by atoms with Gasteiger partial charge in [-0.15, -0.1) is 0 Å². The van der Waals surface area contributed by atoms with Crippen LogP contribution in [-0.2, 0) is 11.2 Å². The van der Waals surface area contributed by atoms with E-state index in [4.69, 9.17) is 4.74 Å². The SMILES string of the molecule is CNC(Cc1cccnc1)C1CCOC2(CCSC2)C1. The number of ether oxygens (including phenoxy) is 1. The summed E-state index contributed by atoms with van der Waals surface area (Å²) in [7, 11) is 2.09. The molecule has 110 valence electrons. The van der Waals surface area contributed by atoms with Crippen LogP contribution in [-0.4, -0.2) is 41.8 Å². The molecule has 4 heteroatoms. The number of nitrogens with zero attached hydrogens (tertiary/aromatic N) is 1.